The first-order chi connectivity index (χ1) is 17.6. The molecular formula is C27H29Cl2N3O4S. The van der Waals surface area contributed by atoms with E-state index < -0.39 is 28.5 Å². The number of sulfonamides is 1. The van der Waals surface area contributed by atoms with Gasteiger partial charge >= 0.3 is 0 Å². The molecule has 0 aliphatic rings. The van der Waals surface area contributed by atoms with Gasteiger partial charge in [0.25, 0.3) is 10.0 Å². The van der Waals surface area contributed by atoms with Gasteiger partial charge in [-0.2, -0.15) is 0 Å². The molecule has 0 aliphatic heterocycles. The summed E-state index contributed by atoms with van der Waals surface area (Å²) in [6, 6.07) is 20.9. The Bertz CT molecular complexity index is 1320. The topological polar surface area (TPSA) is 86.8 Å². The van der Waals surface area contributed by atoms with Crippen LogP contribution in [0.1, 0.15) is 19.4 Å². The molecule has 3 aromatic carbocycles. The van der Waals surface area contributed by atoms with Gasteiger partial charge in [0.05, 0.1) is 15.6 Å². The Balaban J connectivity index is 1.99. The van der Waals surface area contributed by atoms with Crippen molar-refractivity contribution in [1.82, 2.24) is 10.2 Å². The number of hydrogen-bond acceptors (Lipinski definition) is 4. The zero-order valence-corrected chi connectivity index (χ0v) is 22.9. The number of carbonyl (C=O) groups is 2. The Labute approximate surface area is 228 Å². The van der Waals surface area contributed by atoms with Crippen molar-refractivity contribution in [1.29, 1.82) is 0 Å². The Kier molecular flexibility index (Phi) is 9.97. The summed E-state index contributed by atoms with van der Waals surface area (Å²) in [4.78, 5) is 27.8. The third-order valence-electron chi connectivity index (χ3n) is 5.79. The van der Waals surface area contributed by atoms with E-state index in [1.54, 1.807) is 32.0 Å². The lowest BCUT2D eigenvalue weighted by Crippen LogP contribution is -2.52. The Hall–Kier alpha value is -3.07. The lowest BCUT2D eigenvalue weighted by atomic mass is 10.1. The van der Waals surface area contributed by atoms with Crippen molar-refractivity contribution >= 4 is 50.7 Å². The van der Waals surface area contributed by atoms with E-state index in [0.29, 0.717) is 18.0 Å². The summed E-state index contributed by atoms with van der Waals surface area (Å²) >= 11 is 12.4. The van der Waals surface area contributed by atoms with E-state index in [0.717, 1.165) is 9.87 Å². The highest BCUT2D eigenvalue weighted by atomic mass is 35.5. The standard InChI is InChI=1S/C27H29Cl2N3O4S/c1-3-30-27(34)20(2)31(17-16-21-10-6-4-7-11-21)26(33)19-32(25-15-14-22(28)18-24(25)29)37(35,36)23-12-8-5-9-13-23/h4-15,18,20H,3,16-17,19H2,1-2H3,(H,30,34). The maximum atomic E-state index is 13.7. The van der Waals surface area contributed by atoms with Crippen LogP contribution in [0, 0.1) is 0 Å². The smallest absolute Gasteiger partial charge is 0.264 e. The van der Waals surface area contributed by atoms with Gasteiger partial charge in [0.1, 0.15) is 12.6 Å². The van der Waals surface area contributed by atoms with Crippen LogP contribution in [0.5, 0.6) is 0 Å². The number of nitrogens with zero attached hydrogens (tertiary/aromatic N) is 2. The van der Waals surface area contributed by atoms with Gasteiger partial charge in [-0.15, -0.1) is 0 Å². The second kappa shape index (κ2) is 12.9. The molecule has 0 aliphatic carbocycles. The molecule has 0 bridgehead atoms. The van der Waals surface area contributed by atoms with Crippen molar-refractivity contribution in [2.45, 2.75) is 31.2 Å². The molecule has 0 saturated carbocycles. The number of amides is 2. The number of halogens is 2. The number of nitrogens with one attached hydrogen (secondary N) is 1. The summed E-state index contributed by atoms with van der Waals surface area (Å²) in [5.41, 5.74) is 1.09. The molecule has 0 aromatic heterocycles. The Morgan fingerprint density at radius 1 is 0.946 bits per heavy atom. The van der Waals surface area contributed by atoms with Crippen LogP contribution >= 0.6 is 23.2 Å². The monoisotopic (exact) mass is 561 g/mol. The van der Waals surface area contributed by atoms with Crippen LogP contribution in [-0.2, 0) is 26.0 Å². The fourth-order valence-electron chi connectivity index (χ4n) is 3.81. The predicted molar refractivity (Wildman–Crippen MR) is 147 cm³/mol. The van der Waals surface area contributed by atoms with E-state index in [4.69, 9.17) is 23.2 Å². The molecule has 196 valence electrons. The van der Waals surface area contributed by atoms with Gasteiger partial charge in [0, 0.05) is 18.1 Å². The highest BCUT2D eigenvalue weighted by Crippen LogP contribution is 2.32. The fraction of sp³-hybridized carbons (Fsp3) is 0.259. The summed E-state index contributed by atoms with van der Waals surface area (Å²) in [7, 11) is -4.18. The van der Waals surface area contributed by atoms with Gasteiger partial charge in [-0.1, -0.05) is 71.7 Å². The molecule has 3 rings (SSSR count). The maximum absolute atomic E-state index is 13.7. The molecule has 0 heterocycles. The maximum Gasteiger partial charge on any atom is 0.264 e. The summed E-state index contributed by atoms with van der Waals surface area (Å²) in [6.45, 7) is 3.47. The van der Waals surface area contributed by atoms with Crippen molar-refractivity contribution in [3.8, 4) is 0 Å². The van der Waals surface area contributed by atoms with Gasteiger partial charge in [-0.3, -0.25) is 13.9 Å². The van der Waals surface area contributed by atoms with Crippen LogP contribution in [-0.4, -0.2) is 50.8 Å². The first-order valence-corrected chi connectivity index (χ1v) is 14.0. The van der Waals surface area contributed by atoms with Crippen LogP contribution in [0.25, 0.3) is 0 Å². The fourth-order valence-corrected chi connectivity index (χ4v) is 5.82. The third-order valence-corrected chi connectivity index (χ3v) is 8.10. The number of benzene rings is 3. The van der Waals surface area contributed by atoms with Gasteiger partial charge in [-0.25, -0.2) is 8.42 Å². The largest absolute Gasteiger partial charge is 0.355 e. The quantitative estimate of drug-likeness (QED) is 0.364. The summed E-state index contributed by atoms with van der Waals surface area (Å²) in [5, 5.41) is 3.14. The Morgan fingerprint density at radius 3 is 2.16 bits per heavy atom. The van der Waals surface area contributed by atoms with Crippen molar-refractivity contribution in [2.75, 3.05) is 23.9 Å². The van der Waals surface area contributed by atoms with Crippen molar-refractivity contribution < 1.29 is 18.0 Å². The molecular weight excluding hydrogens is 533 g/mol. The molecule has 37 heavy (non-hydrogen) atoms. The Morgan fingerprint density at radius 2 is 1.57 bits per heavy atom. The molecule has 0 radical (unpaired) electrons. The van der Waals surface area contributed by atoms with E-state index in [1.165, 1.54) is 35.2 Å². The minimum absolute atomic E-state index is 0.00132. The van der Waals surface area contributed by atoms with Crippen LogP contribution in [0.3, 0.4) is 0 Å². The molecule has 7 nitrogen and oxygen atoms in total. The number of carbonyl (C=O) groups excluding carboxylic acids is 2. The normalized spacial score (nSPS) is 12.0. The van der Waals surface area contributed by atoms with Crippen LogP contribution < -0.4 is 9.62 Å². The number of anilines is 1. The number of rotatable bonds is 11. The molecule has 0 spiro atoms. The predicted octanol–water partition coefficient (Wildman–Crippen LogP) is 4.78. The second-order valence-electron chi connectivity index (χ2n) is 8.31. The molecule has 1 unspecified atom stereocenters. The average molecular weight is 563 g/mol. The first kappa shape index (κ1) is 28.5. The number of likely N-dealkylation sites (N-methyl/N-ethyl adjacent to an activating group) is 1. The molecule has 1 atom stereocenters. The minimum atomic E-state index is -4.18. The SMILES string of the molecule is CCNC(=O)C(C)N(CCc1ccccc1)C(=O)CN(c1ccc(Cl)cc1Cl)S(=O)(=O)c1ccccc1. The van der Waals surface area contributed by atoms with Crippen molar-refractivity contribution in [2.24, 2.45) is 0 Å². The molecule has 0 fully saturated rings. The highest BCUT2D eigenvalue weighted by molar-refractivity contribution is 7.92. The lowest BCUT2D eigenvalue weighted by Gasteiger charge is -2.32. The third kappa shape index (κ3) is 7.25. The van der Waals surface area contributed by atoms with Gasteiger partial charge in [0.15, 0.2) is 0 Å². The average Bonchev–Trinajstić information content (AvgIpc) is 2.89. The van der Waals surface area contributed by atoms with Gasteiger partial charge in [0.2, 0.25) is 11.8 Å². The zero-order valence-electron chi connectivity index (χ0n) is 20.6. The molecule has 10 heteroatoms. The van der Waals surface area contributed by atoms with Crippen LogP contribution in [0.15, 0.2) is 83.8 Å². The zero-order chi connectivity index (χ0) is 27.0. The minimum Gasteiger partial charge on any atom is -0.355 e. The highest BCUT2D eigenvalue weighted by Gasteiger charge is 2.33. The van der Waals surface area contributed by atoms with E-state index >= 15 is 0 Å². The van der Waals surface area contributed by atoms with E-state index in [1.807, 2.05) is 30.3 Å². The van der Waals surface area contributed by atoms with Gasteiger partial charge < -0.3 is 10.2 Å². The molecule has 2 amide bonds. The summed E-state index contributed by atoms with van der Waals surface area (Å²) < 4.78 is 28.4. The van der Waals surface area contributed by atoms with E-state index in [9.17, 15) is 18.0 Å². The first-order valence-electron chi connectivity index (χ1n) is 11.8. The van der Waals surface area contributed by atoms with Crippen LogP contribution in [0.2, 0.25) is 10.0 Å². The molecule has 1 N–H and O–H groups in total. The van der Waals surface area contributed by atoms with E-state index in [2.05, 4.69) is 5.32 Å². The van der Waals surface area contributed by atoms with Crippen LogP contribution in [0.4, 0.5) is 5.69 Å². The van der Waals surface area contributed by atoms with Crippen molar-refractivity contribution in [3.05, 3.63) is 94.5 Å². The summed E-state index contributed by atoms with van der Waals surface area (Å²) in [5.74, 6) is -0.869. The second-order valence-corrected chi connectivity index (χ2v) is 11.0. The van der Waals surface area contributed by atoms with E-state index in [-0.39, 0.29) is 28.1 Å². The molecule has 3 aromatic rings. The number of hydrogen-bond donors (Lipinski definition) is 1. The van der Waals surface area contributed by atoms with Gasteiger partial charge in [-0.05, 0) is 56.2 Å². The summed E-state index contributed by atoms with van der Waals surface area (Å²) in [6.07, 6.45) is 0.490. The molecule has 0 saturated heterocycles. The van der Waals surface area contributed by atoms with Crippen molar-refractivity contribution in [3.63, 3.8) is 0 Å². The lowest BCUT2D eigenvalue weighted by molar-refractivity contribution is -0.138.